The highest BCUT2D eigenvalue weighted by atomic mass is 28.4. The van der Waals surface area contributed by atoms with E-state index in [4.69, 9.17) is 23.1 Å². The fourth-order valence-electron chi connectivity index (χ4n) is 6.61. The largest absolute Gasteiger partial charge is 0.546 e. The lowest BCUT2D eigenvalue weighted by molar-refractivity contribution is -0.146. The van der Waals surface area contributed by atoms with Crippen LogP contribution in [0.5, 0.6) is 0 Å². The molecule has 0 spiro atoms. The van der Waals surface area contributed by atoms with Gasteiger partial charge in [-0.2, -0.15) is 0 Å². The van der Waals surface area contributed by atoms with Crippen LogP contribution in [-0.4, -0.2) is 60.4 Å². The van der Waals surface area contributed by atoms with Crippen LogP contribution in [0, 0.1) is 0 Å². The van der Waals surface area contributed by atoms with Gasteiger partial charge >= 0.3 is 0 Å². The van der Waals surface area contributed by atoms with Crippen molar-refractivity contribution in [3.63, 3.8) is 0 Å². The number of fused-ring (bicyclic) bond motifs is 2. The molecule has 2 aromatic rings. The molecule has 2 aromatic carbocycles. The smallest absolute Gasteiger partial charge is 0.261 e. The Hall–Kier alpha value is -1.75. The van der Waals surface area contributed by atoms with Crippen LogP contribution in [0.2, 0.25) is 24.7 Å². The third kappa shape index (κ3) is 6.50. The van der Waals surface area contributed by atoms with Crippen LogP contribution in [-0.2, 0) is 23.1 Å². The third-order valence-corrected chi connectivity index (χ3v) is 14.2. The van der Waals surface area contributed by atoms with Gasteiger partial charge in [0, 0.05) is 6.61 Å². The van der Waals surface area contributed by atoms with E-state index in [2.05, 4.69) is 107 Å². The minimum Gasteiger partial charge on any atom is -0.546 e. The Kier molecular flexibility index (Phi) is 9.10. The lowest BCUT2D eigenvalue weighted by Crippen LogP contribution is -2.67. The van der Waals surface area contributed by atoms with Gasteiger partial charge in [0.1, 0.15) is 11.9 Å². The molecule has 0 saturated carbocycles. The molecule has 0 unspecified atom stereocenters. The highest BCUT2D eigenvalue weighted by molar-refractivity contribution is 6.99. The molecular formula is C33H48O5Si2. The molecule has 3 aliphatic rings. The maximum atomic E-state index is 7.35. The number of hydrogen-bond donors (Lipinski definition) is 0. The first-order valence-corrected chi connectivity index (χ1v) is 20.4. The molecule has 0 aliphatic carbocycles. The zero-order chi connectivity index (χ0) is 28.4. The first-order valence-electron chi connectivity index (χ1n) is 15.1. The molecular weight excluding hydrogens is 533 g/mol. The molecule has 0 amide bonds. The number of benzene rings is 2. The zero-order valence-corrected chi connectivity index (χ0v) is 27.2. The van der Waals surface area contributed by atoms with Gasteiger partial charge in [0.15, 0.2) is 0 Å². The van der Waals surface area contributed by atoms with Crippen molar-refractivity contribution in [3.8, 4) is 0 Å². The molecule has 5 rings (SSSR count). The fraction of sp³-hybridized carbons (Fsp3) is 0.576. The second-order valence-corrected chi connectivity index (χ2v) is 22.3. The normalized spacial score (nSPS) is 27.9. The van der Waals surface area contributed by atoms with Crippen molar-refractivity contribution in [1.82, 2.24) is 0 Å². The molecule has 0 radical (unpaired) electrons. The number of ether oxygens (including phenoxy) is 3. The summed E-state index contributed by atoms with van der Waals surface area (Å²) < 4.78 is 33.8. The van der Waals surface area contributed by atoms with Gasteiger partial charge in [-0.25, -0.2) is 0 Å². The zero-order valence-electron chi connectivity index (χ0n) is 25.2. The van der Waals surface area contributed by atoms with E-state index in [1.807, 2.05) is 0 Å². The van der Waals surface area contributed by atoms with Crippen molar-refractivity contribution < 1.29 is 23.1 Å². The van der Waals surface area contributed by atoms with Crippen LogP contribution in [0.4, 0.5) is 0 Å². The molecule has 3 heterocycles. The highest BCUT2D eigenvalue weighted by Crippen LogP contribution is 2.39. The Labute approximate surface area is 243 Å². The highest BCUT2D eigenvalue weighted by Gasteiger charge is 2.51. The first-order chi connectivity index (χ1) is 19.1. The topological polar surface area (TPSA) is 46.2 Å². The van der Waals surface area contributed by atoms with E-state index in [0.29, 0.717) is 6.61 Å². The Balaban J connectivity index is 1.48. The number of hydrogen-bond acceptors (Lipinski definition) is 5. The van der Waals surface area contributed by atoms with E-state index < -0.39 is 16.6 Å². The minimum atomic E-state index is -2.72. The number of rotatable bonds is 7. The van der Waals surface area contributed by atoms with Gasteiger partial charge in [-0.15, -0.1) is 0 Å². The quantitative estimate of drug-likeness (QED) is 0.366. The minimum absolute atomic E-state index is 0.00907. The lowest BCUT2D eigenvalue weighted by atomic mass is 10.0. The molecule has 2 fully saturated rings. The van der Waals surface area contributed by atoms with Crippen molar-refractivity contribution in [3.05, 3.63) is 72.5 Å². The molecule has 0 N–H and O–H groups in total. The van der Waals surface area contributed by atoms with Gasteiger partial charge in [0.05, 0.1) is 31.0 Å². The molecule has 218 valence electrons. The maximum Gasteiger partial charge on any atom is 0.261 e. The summed E-state index contributed by atoms with van der Waals surface area (Å²) in [4.78, 5) is 0. The monoisotopic (exact) mass is 580 g/mol. The standard InChI is InChI=1S/C33H48O5Si2/c1-33(2,3)40(25-14-9-7-10-15-25,26-16-11-8-12-17-26)35-24-32-31(38-39(4,5)6)22-21-29-30(37-32)20-19-27-28(36-29)18-13-23-34-27/h7-12,14-17,22,27-30,32H,13,18-21,23-24H2,1-6H3/t27-,28+,29-,30+,32-/m1/s1. The molecule has 40 heavy (non-hydrogen) atoms. The van der Waals surface area contributed by atoms with Crippen LogP contribution in [0.3, 0.4) is 0 Å². The van der Waals surface area contributed by atoms with Crippen LogP contribution < -0.4 is 10.4 Å². The van der Waals surface area contributed by atoms with Gasteiger partial charge < -0.3 is 23.1 Å². The van der Waals surface area contributed by atoms with Gasteiger partial charge in [-0.05, 0) is 73.2 Å². The summed E-state index contributed by atoms with van der Waals surface area (Å²) in [6, 6.07) is 21.7. The Morgan fingerprint density at radius 3 is 1.98 bits per heavy atom. The predicted molar refractivity (Wildman–Crippen MR) is 166 cm³/mol. The van der Waals surface area contributed by atoms with Crippen LogP contribution >= 0.6 is 0 Å². The molecule has 0 bridgehead atoms. The van der Waals surface area contributed by atoms with E-state index in [-0.39, 0.29) is 35.6 Å². The van der Waals surface area contributed by atoms with E-state index in [0.717, 1.165) is 44.5 Å². The summed E-state index contributed by atoms with van der Waals surface area (Å²) in [5.74, 6) is 0.921. The molecule has 7 heteroatoms. The van der Waals surface area contributed by atoms with Gasteiger partial charge in [0.25, 0.3) is 8.32 Å². The van der Waals surface area contributed by atoms with Crippen molar-refractivity contribution >= 4 is 27.0 Å². The van der Waals surface area contributed by atoms with Crippen molar-refractivity contribution in [1.29, 1.82) is 0 Å². The lowest BCUT2D eigenvalue weighted by Gasteiger charge is -2.44. The van der Waals surface area contributed by atoms with Crippen molar-refractivity contribution in [2.24, 2.45) is 0 Å². The van der Waals surface area contributed by atoms with Crippen molar-refractivity contribution in [2.45, 2.75) is 108 Å². The van der Waals surface area contributed by atoms with E-state index in [1.54, 1.807) is 0 Å². The average Bonchev–Trinajstić information content (AvgIpc) is 3.18. The summed E-state index contributed by atoms with van der Waals surface area (Å²) in [5, 5.41) is 2.44. The van der Waals surface area contributed by atoms with E-state index in [9.17, 15) is 0 Å². The van der Waals surface area contributed by atoms with E-state index in [1.165, 1.54) is 10.4 Å². The van der Waals surface area contributed by atoms with Gasteiger partial charge in [-0.1, -0.05) is 81.4 Å². The Morgan fingerprint density at radius 2 is 1.38 bits per heavy atom. The third-order valence-electron chi connectivity index (χ3n) is 8.38. The molecule has 3 aliphatic heterocycles. The van der Waals surface area contributed by atoms with Gasteiger partial charge in [0.2, 0.25) is 8.32 Å². The summed E-state index contributed by atoms with van der Waals surface area (Å²) in [7, 11) is -4.61. The van der Waals surface area contributed by atoms with Crippen LogP contribution in [0.15, 0.2) is 72.5 Å². The van der Waals surface area contributed by atoms with Gasteiger partial charge in [-0.3, -0.25) is 0 Å². The summed E-state index contributed by atoms with van der Waals surface area (Å²) in [5.41, 5.74) is 0. The summed E-state index contributed by atoms with van der Waals surface area (Å²) >= 11 is 0. The summed E-state index contributed by atoms with van der Waals surface area (Å²) in [6.07, 6.45) is 7.11. The Bertz CT molecular complexity index is 1090. The molecule has 0 aromatic heterocycles. The molecule has 5 atom stereocenters. The van der Waals surface area contributed by atoms with Crippen LogP contribution in [0.1, 0.15) is 52.9 Å². The SMILES string of the molecule is CC(C)(C)[Si](OC[C@H]1O[C@H]2CC[C@H]3OCCC[C@@H]3O[C@@H]2CC=C1O[Si](C)(C)C)(c1ccccc1)c1ccccc1. The second kappa shape index (κ2) is 12.2. The molecule has 2 saturated heterocycles. The average molecular weight is 581 g/mol. The van der Waals surface area contributed by atoms with E-state index >= 15 is 0 Å². The fourth-order valence-corrected chi connectivity index (χ4v) is 12.1. The maximum absolute atomic E-state index is 7.35. The predicted octanol–water partition coefficient (Wildman–Crippen LogP) is 6.18. The molecule has 5 nitrogen and oxygen atoms in total. The first kappa shape index (κ1) is 29.7. The van der Waals surface area contributed by atoms with Crippen molar-refractivity contribution in [2.75, 3.05) is 13.2 Å². The van der Waals surface area contributed by atoms with Crippen LogP contribution in [0.25, 0.3) is 0 Å². The Morgan fingerprint density at radius 1 is 0.775 bits per heavy atom. The second-order valence-electron chi connectivity index (χ2n) is 13.5. The summed E-state index contributed by atoms with van der Waals surface area (Å²) in [6.45, 7) is 14.9.